The van der Waals surface area contributed by atoms with E-state index in [4.69, 9.17) is 0 Å². The van der Waals surface area contributed by atoms with Gasteiger partial charge in [-0.2, -0.15) is 0 Å². The molecule has 2 aliphatic heterocycles. The Morgan fingerprint density at radius 1 is 0.600 bits per heavy atom. The molecule has 20 heavy (non-hydrogen) atoms. The third kappa shape index (κ3) is 9.37. The van der Waals surface area contributed by atoms with Gasteiger partial charge in [0.25, 0.3) is 0 Å². The van der Waals surface area contributed by atoms with Gasteiger partial charge in [-0.25, -0.2) is 0 Å². The summed E-state index contributed by atoms with van der Waals surface area (Å²) in [6.45, 7) is 8.44. The van der Waals surface area contributed by atoms with Crippen LogP contribution < -0.4 is 10.6 Å². The fourth-order valence-electron chi connectivity index (χ4n) is 3.07. The first-order valence-corrected chi connectivity index (χ1v) is 7.25. The molecule has 0 saturated carbocycles. The topological polar surface area (TPSA) is 64.5 Å². The molecule has 4 N–H and O–H groups in total. The lowest BCUT2D eigenvalue weighted by molar-refractivity contribution is 0.101. The molecule has 2 heterocycles. The quantitative estimate of drug-likeness (QED) is 0.547. The van der Waals surface area contributed by atoms with Gasteiger partial charge >= 0.3 is 0 Å². The molecule has 6 heteroatoms. The summed E-state index contributed by atoms with van der Waals surface area (Å²) < 4.78 is 0. The summed E-state index contributed by atoms with van der Waals surface area (Å²) in [6.07, 6.45) is 3.48. The van der Waals surface area contributed by atoms with Crippen molar-refractivity contribution in [3.63, 3.8) is 0 Å². The number of hydrogen-bond acceptors (Lipinski definition) is 4. The van der Waals surface area contributed by atoms with Gasteiger partial charge in [-0.05, 0) is 53.4 Å². The summed E-state index contributed by atoms with van der Waals surface area (Å²) in [5.74, 6) is 0. The molecule has 0 spiro atoms. The molecule has 4 atom stereocenters. The fraction of sp³-hybridized carbons (Fsp3) is 1.00. The lowest BCUT2D eigenvalue weighted by atomic mass is 9.98. The standard InChI is InChI=1S/2C7H15NO.2ClH/c2*1-5-3-7(9)4-6(2)8-5;;/h2*5-9H,3-4H2,1-2H3;2*1H/t2*5-,6-;;/m10../s1. The summed E-state index contributed by atoms with van der Waals surface area (Å²) in [6, 6.07) is 1.96. The van der Waals surface area contributed by atoms with E-state index in [9.17, 15) is 10.2 Å². The largest absolute Gasteiger partial charge is 0.393 e. The van der Waals surface area contributed by atoms with Crippen molar-refractivity contribution in [2.45, 2.75) is 89.8 Å². The van der Waals surface area contributed by atoms with Crippen LogP contribution in [0.3, 0.4) is 0 Å². The number of aliphatic hydroxyl groups is 2. The molecule has 0 aromatic rings. The van der Waals surface area contributed by atoms with Gasteiger partial charge in [-0.1, -0.05) is 0 Å². The van der Waals surface area contributed by atoms with Gasteiger partial charge in [0.1, 0.15) is 0 Å². The van der Waals surface area contributed by atoms with Crippen LogP contribution in [0.1, 0.15) is 53.4 Å². The second-order valence-electron chi connectivity index (χ2n) is 6.19. The summed E-state index contributed by atoms with van der Waals surface area (Å²) >= 11 is 0. The number of hydrogen-bond donors (Lipinski definition) is 4. The first-order valence-electron chi connectivity index (χ1n) is 7.25. The molecule has 4 nitrogen and oxygen atoms in total. The maximum absolute atomic E-state index is 9.21. The second-order valence-corrected chi connectivity index (χ2v) is 6.19. The van der Waals surface area contributed by atoms with Gasteiger partial charge in [0.15, 0.2) is 0 Å². The van der Waals surface area contributed by atoms with Gasteiger partial charge in [0, 0.05) is 24.2 Å². The summed E-state index contributed by atoms with van der Waals surface area (Å²) in [5, 5.41) is 25.1. The van der Waals surface area contributed by atoms with E-state index in [-0.39, 0.29) is 37.0 Å². The van der Waals surface area contributed by atoms with Crippen LogP contribution in [-0.4, -0.2) is 46.6 Å². The van der Waals surface area contributed by atoms with E-state index < -0.39 is 0 Å². The van der Waals surface area contributed by atoms with E-state index in [0.717, 1.165) is 25.7 Å². The third-order valence-electron chi connectivity index (χ3n) is 3.64. The molecule has 0 amide bonds. The minimum Gasteiger partial charge on any atom is -0.393 e. The van der Waals surface area contributed by atoms with Crippen molar-refractivity contribution in [1.82, 2.24) is 10.6 Å². The molecular weight excluding hydrogens is 299 g/mol. The number of halogens is 2. The molecule has 2 saturated heterocycles. The van der Waals surface area contributed by atoms with Gasteiger partial charge in [-0.3, -0.25) is 0 Å². The first kappa shape index (κ1) is 22.7. The lowest BCUT2D eigenvalue weighted by Crippen LogP contribution is -2.44. The van der Waals surface area contributed by atoms with Crippen LogP contribution in [0.5, 0.6) is 0 Å². The van der Waals surface area contributed by atoms with Crippen LogP contribution >= 0.6 is 24.8 Å². The number of piperidine rings is 2. The molecular formula is C14H32Cl2N2O2. The van der Waals surface area contributed by atoms with Crippen molar-refractivity contribution in [3.05, 3.63) is 0 Å². The van der Waals surface area contributed by atoms with Crippen LogP contribution in [0.4, 0.5) is 0 Å². The van der Waals surface area contributed by atoms with Gasteiger partial charge < -0.3 is 20.8 Å². The van der Waals surface area contributed by atoms with Crippen molar-refractivity contribution >= 4 is 24.8 Å². The first-order chi connectivity index (χ1) is 8.36. The van der Waals surface area contributed by atoms with Crippen LogP contribution in [0.15, 0.2) is 0 Å². The molecule has 2 fully saturated rings. The zero-order chi connectivity index (χ0) is 13.7. The maximum atomic E-state index is 9.21. The van der Waals surface area contributed by atoms with E-state index in [1.165, 1.54) is 0 Å². The Bertz CT molecular complexity index is 173. The third-order valence-corrected chi connectivity index (χ3v) is 3.64. The van der Waals surface area contributed by atoms with Crippen LogP contribution in [-0.2, 0) is 0 Å². The molecule has 0 aromatic heterocycles. The highest BCUT2D eigenvalue weighted by Gasteiger charge is 2.21. The monoisotopic (exact) mass is 330 g/mol. The Balaban J connectivity index is 0. The zero-order valence-corrected chi connectivity index (χ0v) is 14.6. The molecule has 0 aromatic carbocycles. The van der Waals surface area contributed by atoms with Crippen molar-refractivity contribution in [3.8, 4) is 0 Å². The van der Waals surface area contributed by atoms with Crippen molar-refractivity contribution in [2.24, 2.45) is 0 Å². The normalized spacial score (nSPS) is 40.5. The highest BCUT2D eigenvalue weighted by Crippen LogP contribution is 2.12. The van der Waals surface area contributed by atoms with Crippen LogP contribution in [0.2, 0.25) is 0 Å². The zero-order valence-electron chi connectivity index (χ0n) is 13.0. The average Bonchev–Trinajstić information content (AvgIpc) is 2.12. The van der Waals surface area contributed by atoms with Gasteiger partial charge in [-0.15, -0.1) is 24.8 Å². The lowest BCUT2D eigenvalue weighted by Gasteiger charge is -2.29. The summed E-state index contributed by atoms with van der Waals surface area (Å²) in [4.78, 5) is 0. The summed E-state index contributed by atoms with van der Waals surface area (Å²) in [7, 11) is 0. The van der Waals surface area contributed by atoms with Gasteiger partial charge in [0.2, 0.25) is 0 Å². The van der Waals surface area contributed by atoms with E-state index in [0.29, 0.717) is 24.2 Å². The molecule has 0 radical (unpaired) electrons. The minimum absolute atomic E-state index is 0. The van der Waals surface area contributed by atoms with Gasteiger partial charge in [0.05, 0.1) is 12.2 Å². The van der Waals surface area contributed by atoms with E-state index in [1.807, 2.05) is 0 Å². The summed E-state index contributed by atoms with van der Waals surface area (Å²) in [5.41, 5.74) is 0. The van der Waals surface area contributed by atoms with Crippen LogP contribution in [0, 0.1) is 0 Å². The number of rotatable bonds is 0. The highest BCUT2D eigenvalue weighted by atomic mass is 35.5. The Morgan fingerprint density at radius 2 is 0.800 bits per heavy atom. The molecule has 2 rings (SSSR count). The smallest absolute Gasteiger partial charge is 0.0569 e. The Labute approximate surface area is 135 Å². The molecule has 0 unspecified atom stereocenters. The van der Waals surface area contributed by atoms with Crippen molar-refractivity contribution in [2.75, 3.05) is 0 Å². The molecule has 124 valence electrons. The maximum Gasteiger partial charge on any atom is 0.0569 e. The number of nitrogens with one attached hydrogen (secondary N) is 2. The van der Waals surface area contributed by atoms with Crippen molar-refractivity contribution in [1.29, 1.82) is 0 Å². The molecule has 2 aliphatic rings. The van der Waals surface area contributed by atoms with E-state index >= 15 is 0 Å². The minimum atomic E-state index is -0.0729. The van der Waals surface area contributed by atoms with Crippen LogP contribution in [0.25, 0.3) is 0 Å². The highest BCUT2D eigenvalue weighted by molar-refractivity contribution is 5.85. The Hall–Kier alpha value is 0.420. The predicted octanol–water partition coefficient (Wildman–Crippen LogP) is 1.86. The van der Waals surface area contributed by atoms with Crippen molar-refractivity contribution < 1.29 is 10.2 Å². The SMILES string of the molecule is C[C@@H]1CC(O)C[C@@H](C)N1.C[C@H]1CC(O)C[C@H](C)N1.Cl.Cl. The Morgan fingerprint density at radius 3 is 0.950 bits per heavy atom. The number of aliphatic hydroxyl groups excluding tert-OH is 2. The molecule has 0 bridgehead atoms. The second kappa shape index (κ2) is 11.0. The van der Waals surface area contributed by atoms with E-state index in [2.05, 4.69) is 38.3 Å². The predicted molar refractivity (Wildman–Crippen MR) is 89.1 cm³/mol. The van der Waals surface area contributed by atoms with E-state index in [1.54, 1.807) is 0 Å². The Kier molecular flexibility index (Phi) is 12.5. The molecule has 0 aliphatic carbocycles. The fourth-order valence-corrected chi connectivity index (χ4v) is 3.07. The average molecular weight is 331 g/mol.